The molecule has 0 aromatic carbocycles. The first kappa shape index (κ1) is 12.1. The smallest absolute Gasteiger partial charge is 0.273 e. The number of nitrogens with two attached hydrogens (primary N) is 1. The summed E-state index contributed by atoms with van der Waals surface area (Å²) >= 11 is 0. The maximum absolute atomic E-state index is 11.1. The molecule has 0 aliphatic carbocycles. The summed E-state index contributed by atoms with van der Waals surface area (Å²) < 4.78 is 23.7. The number of rotatable bonds is 3. The van der Waals surface area contributed by atoms with Crippen molar-refractivity contribution in [1.82, 2.24) is 14.8 Å². The Kier molecular flexibility index (Phi) is 2.88. The summed E-state index contributed by atoms with van der Waals surface area (Å²) in [6, 6.07) is 0. The van der Waals surface area contributed by atoms with Gasteiger partial charge in [-0.05, 0) is 6.42 Å². The van der Waals surface area contributed by atoms with Crippen molar-refractivity contribution in [2.75, 3.05) is 0 Å². The van der Waals surface area contributed by atoms with E-state index in [0.29, 0.717) is 5.82 Å². The van der Waals surface area contributed by atoms with Gasteiger partial charge in [0.2, 0.25) is 0 Å². The Morgan fingerprint density at radius 2 is 1.93 bits per heavy atom. The fourth-order valence-electron chi connectivity index (χ4n) is 1.31. The maximum atomic E-state index is 11.1. The van der Waals surface area contributed by atoms with Crippen LogP contribution in [0.1, 0.15) is 33.0 Å². The Balaban J connectivity index is 3.34. The Bertz CT molecular complexity index is 461. The van der Waals surface area contributed by atoms with Crippen molar-refractivity contribution in [2.45, 2.75) is 37.8 Å². The van der Waals surface area contributed by atoms with Crippen molar-refractivity contribution in [3.8, 4) is 0 Å². The summed E-state index contributed by atoms with van der Waals surface area (Å²) in [5.74, 6) is 0.619. The Labute approximate surface area is 89.5 Å². The van der Waals surface area contributed by atoms with Crippen LogP contribution in [0, 0.1) is 0 Å². The molecule has 0 saturated heterocycles. The van der Waals surface area contributed by atoms with Crippen molar-refractivity contribution in [2.24, 2.45) is 12.2 Å². The summed E-state index contributed by atoms with van der Waals surface area (Å²) in [6.45, 7) is 5.96. The van der Waals surface area contributed by atoms with Crippen molar-refractivity contribution in [1.29, 1.82) is 0 Å². The second kappa shape index (κ2) is 3.57. The highest BCUT2D eigenvalue weighted by Gasteiger charge is 2.28. The molecule has 15 heavy (non-hydrogen) atoms. The van der Waals surface area contributed by atoms with E-state index in [9.17, 15) is 8.42 Å². The SMILES string of the molecule is CCC(C)(C)c1nnc(S(N)(=O)=O)n1C. The number of aromatic nitrogens is 3. The maximum Gasteiger partial charge on any atom is 0.273 e. The molecular formula is C8H16N4O2S. The highest BCUT2D eigenvalue weighted by molar-refractivity contribution is 7.89. The number of nitrogens with zero attached hydrogens (tertiary/aromatic N) is 3. The summed E-state index contributed by atoms with van der Waals surface area (Å²) in [4.78, 5) is 0. The van der Waals surface area contributed by atoms with Crippen LogP contribution in [0.25, 0.3) is 0 Å². The summed E-state index contributed by atoms with van der Waals surface area (Å²) in [5, 5.41) is 12.3. The minimum absolute atomic E-state index is 0.195. The molecule has 1 heterocycles. The van der Waals surface area contributed by atoms with Crippen LogP contribution >= 0.6 is 0 Å². The average Bonchev–Trinajstić information content (AvgIpc) is 2.46. The fourth-order valence-corrected chi connectivity index (χ4v) is 1.93. The van der Waals surface area contributed by atoms with Gasteiger partial charge in [0.05, 0.1) is 0 Å². The molecule has 1 rings (SSSR count). The molecule has 0 unspecified atom stereocenters. The van der Waals surface area contributed by atoms with Crippen molar-refractivity contribution in [3.05, 3.63) is 5.82 Å². The van der Waals surface area contributed by atoms with E-state index in [4.69, 9.17) is 5.14 Å². The lowest BCUT2D eigenvalue weighted by molar-refractivity contribution is 0.449. The lowest BCUT2D eigenvalue weighted by Gasteiger charge is -2.20. The minimum atomic E-state index is -3.79. The molecule has 0 saturated carbocycles. The summed E-state index contributed by atoms with van der Waals surface area (Å²) in [5.41, 5.74) is -0.218. The zero-order valence-corrected chi connectivity index (χ0v) is 10.2. The number of hydrogen-bond acceptors (Lipinski definition) is 4. The zero-order chi connectivity index (χ0) is 11.9. The molecule has 0 amide bonds. The van der Waals surface area contributed by atoms with E-state index in [0.717, 1.165) is 6.42 Å². The van der Waals surface area contributed by atoms with Gasteiger partial charge >= 0.3 is 0 Å². The van der Waals surface area contributed by atoms with Crippen molar-refractivity contribution < 1.29 is 8.42 Å². The van der Waals surface area contributed by atoms with E-state index in [-0.39, 0.29) is 10.6 Å². The first-order valence-electron chi connectivity index (χ1n) is 4.63. The van der Waals surface area contributed by atoms with E-state index in [2.05, 4.69) is 10.2 Å². The van der Waals surface area contributed by atoms with Crippen LogP contribution in [0.3, 0.4) is 0 Å². The molecule has 0 spiro atoms. The third kappa shape index (κ3) is 2.18. The third-order valence-electron chi connectivity index (χ3n) is 2.58. The monoisotopic (exact) mass is 232 g/mol. The van der Waals surface area contributed by atoms with Crippen LogP contribution in [0.4, 0.5) is 0 Å². The van der Waals surface area contributed by atoms with Crippen LogP contribution in [0.15, 0.2) is 5.16 Å². The highest BCUT2D eigenvalue weighted by Crippen LogP contribution is 2.25. The van der Waals surface area contributed by atoms with Crippen molar-refractivity contribution >= 4 is 10.0 Å². The molecule has 6 nitrogen and oxygen atoms in total. The van der Waals surface area contributed by atoms with Gasteiger partial charge in [0, 0.05) is 12.5 Å². The van der Waals surface area contributed by atoms with Crippen LogP contribution < -0.4 is 5.14 Å². The second-order valence-electron chi connectivity index (χ2n) is 4.15. The third-order valence-corrected chi connectivity index (χ3v) is 3.44. The summed E-state index contributed by atoms with van der Waals surface area (Å²) in [6.07, 6.45) is 0.837. The largest absolute Gasteiger partial charge is 0.303 e. The number of primary sulfonamides is 1. The minimum Gasteiger partial charge on any atom is -0.303 e. The molecule has 1 aromatic rings. The summed E-state index contributed by atoms with van der Waals surface area (Å²) in [7, 11) is -2.19. The van der Waals surface area contributed by atoms with Gasteiger partial charge in [-0.2, -0.15) is 0 Å². The fraction of sp³-hybridized carbons (Fsp3) is 0.750. The second-order valence-corrected chi connectivity index (χ2v) is 5.60. The van der Waals surface area contributed by atoms with E-state index < -0.39 is 10.0 Å². The van der Waals surface area contributed by atoms with E-state index in [1.165, 1.54) is 4.57 Å². The van der Waals surface area contributed by atoms with E-state index >= 15 is 0 Å². The van der Waals surface area contributed by atoms with Gasteiger partial charge in [0.25, 0.3) is 15.2 Å². The predicted octanol–water partition coefficient (Wildman–Crippen LogP) is 0.150. The standard InChI is InChI=1S/C8H16N4O2S/c1-5-8(2,3)6-10-11-7(12(6)4)15(9,13)14/h5H2,1-4H3,(H2,9,13,14). The van der Waals surface area contributed by atoms with Gasteiger partial charge in [-0.1, -0.05) is 20.8 Å². The Morgan fingerprint density at radius 3 is 2.27 bits per heavy atom. The predicted molar refractivity (Wildman–Crippen MR) is 55.7 cm³/mol. The Hall–Kier alpha value is -0.950. The lowest BCUT2D eigenvalue weighted by atomic mass is 9.89. The van der Waals surface area contributed by atoms with E-state index in [1.807, 2.05) is 20.8 Å². The van der Waals surface area contributed by atoms with Gasteiger partial charge in [0.15, 0.2) is 0 Å². The molecular weight excluding hydrogens is 216 g/mol. The normalized spacial score (nSPS) is 13.1. The van der Waals surface area contributed by atoms with Gasteiger partial charge in [-0.3, -0.25) is 0 Å². The molecule has 0 aliphatic rings. The van der Waals surface area contributed by atoms with Gasteiger partial charge in [-0.25, -0.2) is 13.6 Å². The van der Waals surface area contributed by atoms with Crippen LogP contribution in [0.2, 0.25) is 0 Å². The number of hydrogen-bond donors (Lipinski definition) is 1. The van der Waals surface area contributed by atoms with Crippen LogP contribution in [0.5, 0.6) is 0 Å². The Morgan fingerprint density at radius 1 is 1.40 bits per heavy atom. The quantitative estimate of drug-likeness (QED) is 0.803. The van der Waals surface area contributed by atoms with Gasteiger partial charge < -0.3 is 4.57 Å². The highest BCUT2D eigenvalue weighted by atomic mass is 32.2. The molecule has 0 radical (unpaired) electrons. The van der Waals surface area contributed by atoms with Gasteiger partial charge in [0.1, 0.15) is 5.82 Å². The first-order chi connectivity index (χ1) is 6.70. The molecule has 0 fully saturated rings. The molecule has 0 bridgehead atoms. The lowest BCUT2D eigenvalue weighted by Crippen LogP contribution is -2.23. The average molecular weight is 232 g/mol. The topological polar surface area (TPSA) is 90.9 Å². The molecule has 7 heteroatoms. The van der Waals surface area contributed by atoms with Crippen molar-refractivity contribution in [3.63, 3.8) is 0 Å². The zero-order valence-electron chi connectivity index (χ0n) is 9.35. The molecule has 0 atom stereocenters. The number of sulfonamides is 1. The molecule has 1 aromatic heterocycles. The molecule has 86 valence electrons. The van der Waals surface area contributed by atoms with Crippen LogP contribution in [-0.4, -0.2) is 23.2 Å². The van der Waals surface area contributed by atoms with Crippen LogP contribution in [-0.2, 0) is 22.5 Å². The molecule has 2 N–H and O–H groups in total. The first-order valence-corrected chi connectivity index (χ1v) is 6.17. The van der Waals surface area contributed by atoms with E-state index in [1.54, 1.807) is 7.05 Å². The molecule has 0 aliphatic heterocycles. The van der Waals surface area contributed by atoms with Gasteiger partial charge in [-0.15, -0.1) is 10.2 Å².